The van der Waals surface area contributed by atoms with E-state index in [1.807, 2.05) is 60.7 Å². The quantitative estimate of drug-likeness (QED) is 0.248. The fraction of sp³-hybridized carbons (Fsp3) is 0.207. The number of ether oxygens (including phenoxy) is 2. The highest BCUT2D eigenvalue weighted by Gasteiger charge is 2.19. The van der Waals surface area contributed by atoms with Crippen LogP contribution in [0.1, 0.15) is 59.5 Å². The van der Waals surface area contributed by atoms with Crippen LogP contribution in [-0.2, 0) is 14.3 Å². The van der Waals surface area contributed by atoms with Gasteiger partial charge >= 0.3 is 11.9 Å². The highest BCUT2D eigenvalue weighted by molar-refractivity contribution is 6.29. The summed E-state index contributed by atoms with van der Waals surface area (Å²) in [6.07, 6.45) is 1.10. The summed E-state index contributed by atoms with van der Waals surface area (Å²) in [5.74, 6) is -1.59. The second kappa shape index (κ2) is 11.8. The molecule has 0 radical (unpaired) electrons. The Morgan fingerprint density at radius 1 is 0.686 bits per heavy atom. The first-order valence-corrected chi connectivity index (χ1v) is 11.4. The molecule has 3 rings (SSSR count). The predicted molar refractivity (Wildman–Crippen MR) is 137 cm³/mol. The minimum atomic E-state index is -0.599. The highest BCUT2D eigenvalue weighted by Crippen LogP contribution is 2.23. The molecule has 0 unspecified atom stereocenters. The fourth-order valence-corrected chi connectivity index (χ4v) is 3.31. The normalized spacial score (nSPS) is 11.3. The molecule has 0 atom stereocenters. The van der Waals surface area contributed by atoms with E-state index in [2.05, 4.69) is 5.32 Å². The molecule has 0 aliphatic heterocycles. The van der Waals surface area contributed by atoms with Crippen molar-refractivity contribution >= 4 is 35.2 Å². The van der Waals surface area contributed by atoms with Crippen molar-refractivity contribution in [2.75, 3.05) is 5.32 Å². The summed E-state index contributed by atoms with van der Waals surface area (Å²) < 4.78 is 10.6. The standard InChI is InChI=1S/C29H29NO5/c1-19(2)34-28(32)23-16-24(29(33)35-20(3)4)18-25(17-23)30-27(31)26(22-13-9-6-10-14-22)15-21-11-7-5-8-12-21/h5-20H,1-4H3,(H,30,31)/b26-15-. The molecule has 6 nitrogen and oxygen atoms in total. The number of hydrogen-bond acceptors (Lipinski definition) is 5. The van der Waals surface area contributed by atoms with Crippen LogP contribution in [0.3, 0.4) is 0 Å². The summed E-state index contributed by atoms with van der Waals surface area (Å²) in [7, 11) is 0. The molecule has 1 amide bonds. The molecule has 0 bridgehead atoms. The Kier molecular flexibility index (Phi) is 8.57. The maximum atomic E-state index is 13.4. The van der Waals surface area contributed by atoms with Gasteiger partial charge in [-0.05, 0) is 63.1 Å². The van der Waals surface area contributed by atoms with Crippen molar-refractivity contribution in [1.82, 2.24) is 0 Å². The highest BCUT2D eigenvalue weighted by atomic mass is 16.5. The smallest absolute Gasteiger partial charge is 0.338 e. The van der Waals surface area contributed by atoms with Gasteiger partial charge in [-0.15, -0.1) is 0 Å². The van der Waals surface area contributed by atoms with Gasteiger partial charge in [0.05, 0.1) is 23.3 Å². The zero-order valence-electron chi connectivity index (χ0n) is 20.3. The van der Waals surface area contributed by atoms with Gasteiger partial charge in [-0.25, -0.2) is 9.59 Å². The van der Waals surface area contributed by atoms with Crippen molar-refractivity contribution in [2.24, 2.45) is 0 Å². The first-order valence-electron chi connectivity index (χ1n) is 11.4. The average Bonchev–Trinajstić information content (AvgIpc) is 2.82. The number of carbonyl (C=O) groups excluding carboxylic acids is 3. The Hall–Kier alpha value is -4.19. The largest absolute Gasteiger partial charge is 0.459 e. The van der Waals surface area contributed by atoms with E-state index in [0.717, 1.165) is 11.1 Å². The molecular formula is C29H29NO5. The van der Waals surface area contributed by atoms with Gasteiger partial charge in [0.15, 0.2) is 0 Å². The lowest BCUT2D eigenvalue weighted by Gasteiger charge is -2.14. The summed E-state index contributed by atoms with van der Waals surface area (Å²) in [5.41, 5.74) is 2.57. The van der Waals surface area contributed by atoms with E-state index in [9.17, 15) is 14.4 Å². The minimum Gasteiger partial charge on any atom is -0.459 e. The van der Waals surface area contributed by atoms with Gasteiger partial charge in [0, 0.05) is 11.3 Å². The van der Waals surface area contributed by atoms with E-state index in [-0.39, 0.29) is 29.0 Å². The van der Waals surface area contributed by atoms with Crippen molar-refractivity contribution in [3.05, 3.63) is 101 Å². The molecule has 0 fully saturated rings. The van der Waals surface area contributed by atoms with Gasteiger partial charge in [0.2, 0.25) is 0 Å². The summed E-state index contributed by atoms with van der Waals surface area (Å²) in [5, 5.41) is 2.84. The SMILES string of the molecule is CC(C)OC(=O)c1cc(NC(=O)/C(=C\c2ccccc2)c2ccccc2)cc(C(=O)OC(C)C)c1. The van der Waals surface area contributed by atoms with Crippen molar-refractivity contribution < 1.29 is 23.9 Å². The molecule has 0 saturated carbocycles. The van der Waals surface area contributed by atoms with Crippen LogP contribution in [0.15, 0.2) is 78.9 Å². The molecule has 0 heterocycles. The summed E-state index contributed by atoms with van der Waals surface area (Å²) in [6, 6.07) is 23.1. The van der Waals surface area contributed by atoms with Crippen molar-refractivity contribution in [3.63, 3.8) is 0 Å². The zero-order valence-corrected chi connectivity index (χ0v) is 20.3. The van der Waals surface area contributed by atoms with E-state index in [1.165, 1.54) is 18.2 Å². The predicted octanol–water partition coefficient (Wildman–Crippen LogP) is 6.00. The lowest BCUT2D eigenvalue weighted by atomic mass is 10.0. The third kappa shape index (κ3) is 7.40. The summed E-state index contributed by atoms with van der Waals surface area (Å²) in [6.45, 7) is 6.94. The minimum absolute atomic E-state index is 0.139. The molecule has 3 aromatic rings. The molecule has 0 saturated heterocycles. The van der Waals surface area contributed by atoms with Crippen molar-refractivity contribution in [3.8, 4) is 0 Å². The van der Waals surface area contributed by atoms with Gasteiger partial charge in [-0.2, -0.15) is 0 Å². The van der Waals surface area contributed by atoms with Crippen LogP contribution in [0.25, 0.3) is 11.6 Å². The van der Waals surface area contributed by atoms with E-state index in [1.54, 1.807) is 33.8 Å². The molecule has 3 aromatic carbocycles. The fourth-order valence-electron chi connectivity index (χ4n) is 3.31. The Bertz CT molecular complexity index is 1170. The molecule has 0 aliphatic rings. The Morgan fingerprint density at radius 2 is 1.17 bits per heavy atom. The zero-order chi connectivity index (χ0) is 25.4. The number of rotatable bonds is 8. The second-order valence-electron chi connectivity index (χ2n) is 8.50. The molecule has 0 spiro atoms. The Morgan fingerprint density at radius 3 is 1.66 bits per heavy atom. The third-order valence-electron chi connectivity index (χ3n) is 4.79. The van der Waals surface area contributed by atoms with Gasteiger partial charge < -0.3 is 14.8 Å². The number of hydrogen-bond donors (Lipinski definition) is 1. The van der Waals surface area contributed by atoms with E-state index in [0.29, 0.717) is 5.57 Å². The van der Waals surface area contributed by atoms with Crippen molar-refractivity contribution in [1.29, 1.82) is 0 Å². The van der Waals surface area contributed by atoms with E-state index < -0.39 is 17.8 Å². The van der Waals surface area contributed by atoms with Crippen LogP contribution in [0.2, 0.25) is 0 Å². The lowest BCUT2D eigenvalue weighted by molar-refractivity contribution is -0.111. The van der Waals surface area contributed by atoms with Gasteiger partial charge in [-0.3, -0.25) is 4.79 Å². The molecule has 1 N–H and O–H groups in total. The first-order chi connectivity index (χ1) is 16.7. The lowest BCUT2D eigenvalue weighted by Crippen LogP contribution is -2.18. The number of anilines is 1. The summed E-state index contributed by atoms with van der Waals surface area (Å²) in [4.78, 5) is 38.6. The Balaban J connectivity index is 2.00. The maximum Gasteiger partial charge on any atom is 0.338 e. The van der Waals surface area contributed by atoms with Gasteiger partial charge in [0.1, 0.15) is 0 Å². The van der Waals surface area contributed by atoms with Crippen LogP contribution in [0.4, 0.5) is 5.69 Å². The first kappa shape index (κ1) is 25.4. The summed E-state index contributed by atoms with van der Waals surface area (Å²) >= 11 is 0. The molecule has 6 heteroatoms. The van der Waals surface area contributed by atoms with Crippen LogP contribution in [0.5, 0.6) is 0 Å². The number of nitrogens with one attached hydrogen (secondary N) is 1. The number of amides is 1. The number of carbonyl (C=O) groups is 3. The third-order valence-corrected chi connectivity index (χ3v) is 4.79. The average molecular weight is 472 g/mol. The maximum absolute atomic E-state index is 13.4. The Labute approximate surface area is 205 Å². The molecule has 0 aliphatic carbocycles. The van der Waals surface area contributed by atoms with Crippen LogP contribution >= 0.6 is 0 Å². The number of benzene rings is 3. The molecule has 35 heavy (non-hydrogen) atoms. The monoisotopic (exact) mass is 471 g/mol. The topological polar surface area (TPSA) is 81.7 Å². The van der Waals surface area contributed by atoms with Crippen LogP contribution < -0.4 is 5.32 Å². The van der Waals surface area contributed by atoms with E-state index >= 15 is 0 Å². The van der Waals surface area contributed by atoms with Gasteiger partial charge in [0.25, 0.3) is 5.91 Å². The van der Waals surface area contributed by atoms with Crippen LogP contribution in [-0.4, -0.2) is 30.1 Å². The van der Waals surface area contributed by atoms with Crippen LogP contribution in [0, 0.1) is 0 Å². The van der Waals surface area contributed by atoms with Crippen molar-refractivity contribution in [2.45, 2.75) is 39.9 Å². The van der Waals surface area contributed by atoms with Gasteiger partial charge in [-0.1, -0.05) is 60.7 Å². The molecule has 180 valence electrons. The second-order valence-corrected chi connectivity index (χ2v) is 8.50. The molecular weight excluding hydrogens is 442 g/mol. The van der Waals surface area contributed by atoms with E-state index in [4.69, 9.17) is 9.47 Å². The molecule has 0 aromatic heterocycles. The number of esters is 2.